The second-order valence-corrected chi connectivity index (χ2v) is 5.31. The molecule has 1 aromatic carbocycles. The molecule has 3 rings (SSSR count). The topological polar surface area (TPSA) is 47.3 Å². The van der Waals surface area contributed by atoms with Crippen LogP contribution in [-0.4, -0.2) is 25.4 Å². The van der Waals surface area contributed by atoms with Gasteiger partial charge in [0.25, 0.3) is 0 Å². The molecule has 2 aromatic rings. The third-order valence-electron chi connectivity index (χ3n) is 3.90. The van der Waals surface area contributed by atoms with E-state index in [1.807, 2.05) is 18.2 Å². The van der Waals surface area contributed by atoms with E-state index in [-0.39, 0.29) is 0 Å². The van der Waals surface area contributed by atoms with Crippen molar-refractivity contribution in [1.82, 2.24) is 10.5 Å². The minimum absolute atomic E-state index is 0.640. The Balaban J connectivity index is 1.81. The SMILES string of the molecule is COc1cccc(-c2cnoc2CC2CCCNC2)c1. The van der Waals surface area contributed by atoms with Gasteiger partial charge in [0.1, 0.15) is 11.5 Å². The lowest BCUT2D eigenvalue weighted by Gasteiger charge is -2.21. The summed E-state index contributed by atoms with van der Waals surface area (Å²) in [7, 11) is 1.68. The first-order valence-electron chi connectivity index (χ1n) is 7.15. The molecule has 1 aliphatic heterocycles. The molecule has 2 heterocycles. The quantitative estimate of drug-likeness (QED) is 0.929. The van der Waals surface area contributed by atoms with Crippen molar-refractivity contribution in [2.24, 2.45) is 5.92 Å². The minimum atomic E-state index is 0.640. The molecule has 0 amide bonds. The van der Waals surface area contributed by atoms with Crippen molar-refractivity contribution in [1.29, 1.82) is 0 Å². The number of piperidine rings is 1. The fourth-order valence-corrected chi connectivity index (χ4v) is 2.80. The maximum Gasteiger partial charge on any atom is 0.144 e. The predicted molar refractivity (Wildman–Crippen MR) is 77.8 cm³/mol. The van der Waals surface area contributed by atoms with Gasteiger partial charge in [0.15, 0.2) is 0 Å². The summed E-state index contributed by atoms with van der Waals surface area (Å²) in [5, 5.41) is 7.43. The van der Waals surface area contributed by atoms with Gasteiger partial charge in [0, 0.05) is 12.0 Å². The summed E-state index contributed by atoms with van der Waals surface area (Å²) < 4.78 is 10.8. The van der Waals surface area contributed by atoms with Crippen LogP contribution in [0.15, 0.2) is 35.0 Å². The van der Waals surface area contributed by atoms with E-state index in [0.29, 0.717) is 5.92 Å². The molecule has 1 aromatic heterocycles. The molecule has 1 atom stereocenters. The van der Waals surface area contributed by atoms with E-state index in [2.05, 4.69) is 16.5 Å². The Labute approximate surface area is 119 Å². The Kier molecular flexibility index (Phi) is 4.02. The van der Waals surface area contributed by atoms with Crippen molar-refractivity contribution < 1.29 is 9.26 Å². The number of benzene rings is 1. The van der Waals surface area contributed by atoms with E-state index < -0.39 is 0 Å². The Morgan fingerprint density at radius 1 is 1.45 bits per heavy atom. The van der Waals surface area contributed by atoms with Crippen LogP contribution >= 0.6 is 0 Å². The molecular formula is C16H20N2O2. The first kappa shape index (κ1) is 13.2. The van der Waals surface area contributed by atoms with Crippen molar-refractivity contribution in [2.45, 2.75) is 19.3 Å². The van der Waals surface area contributed by atoms with Gasteiger partial charge in [-0.2, -0.15) is 0 Å². The highest BCUT2D eigenvalue weighted by atomic mass is 16.5. The standard InChI is InChI=1S/C16H20N2O2/c1-19-14-6-2-5-13(9-14)15-11-18-20-16(15)8-12-4-3-7-17-10-12/h2,5-6,9,11-12,17H,3-4,7-8,10H2,1H3. The molecule has 1 saturated heterocycles. The number of hydrogen-bond donors (Lipinski definition) is 1. The fraction of sp³-hybridized carbons (Fsp3) is 0.438. The molecule has 1 N–H and O–H groups in total. The summed E-state index contributed by atoms with van der Waals surface area (Å²) >= 11 is 0. The van der Waals surface area contributed by atoms with Crippen LogP contribution in [0.4, 0.5) is 0 Å². The molecule has 1 unspecified atom stereocenters. The summed E-state index contributed by atoms with van der Waals surface area (Å²) in [4.78, 5) is 0. The molecule has 1 fully saturated rings. The molecule has 20 heavy (non-hydrogen) atoms. The number of hydrogen-bond acceptors (Lipinski definition) is 4. The highest BCUT2D eigenvalue weighted by molar-refractivity contribution is 5.66. The molecule has 0 bridgehead atoms. The van der Waals surface area contributed by atoms with Gasteiger partial charge < -0.3 is 14.6 Å². The van der Waals surface area contributed by atoms with Crippen LogP contribution in [-0.2, 0) is 6.42 Å². The van der Waals surface area contributed by atoms with Crippen molar-refractivity contribution in [2.75, 3.05) is 20.2 Å². The highest BCUT2D eigenvalue weighted by Gasteiger charge is 2.19. The zero-order valence-electron chi connectivity index (χ0n) is 11.8. The molecular weight excluding hydrogens is 252 g/mol. The van der Waals surface area contributed by atoms with Crippen molar-refractivity contribution >= 4 is 0 Å². The molecule has 1 aliphatic rings. The fourth-order valence-electron chi connectivity index (χ4n) is 2.80. The average molecular weight is 272 g/mol. The average Bonchev–Trinajstić information content (AvgIpc) is 2.96. The lowest BCUT2D eigenvalue weighted by atomic mass is 9.93. The maximum atomic E-state index is 5.48. The number of rotatable bonds is 4. The molecule has 0 radical (unpaired) electrons. The number of methoxy groups -OCH3 is 1. The van der Waals surface area contributed by atoms with Gasteiger partial charge in [-0.05, 0) is 49.5 Å². The normalized spacial score (nSPS) is 18.9. The lowest BCUT2D eigenvalue weighted by Crippen LogP contribution is -2.30. The van der Waals surface area contributed by atoms with Crippen molar-refractivity contribution in [3.63, 3.8) is 0 Å². The van der Waals surface area contributed by atoms with Gasteiger partial charge >= 0.3 is 0 Å². The molecule has 0 aliphatic carbocycles. The van der Waals surface area contributed by atoms with Crippen molar-refractivity contribution in [3.05, 3.63) is 36.2 Å². The summed E-state index contributed by atoms with van der Waals surface area (Å²) in [6, 6.07) is 8.03. The van der Waals surface area contributed by atoms with Crippen LogP contribution in [0.5, 0.6) is 5.75 Å². The van der Waals surface area contributed by atoms with Gasteiger partial charge in [-0.25, -0.2) is 0 Å². The van der Waals surface area contributed by atoms with Gasteiger partial charge in [-0.3, -0.25) is 0 Å². The molecule has 4 heteroatoms. The van der Waals surface area contributed by atoms with E-state index >= 15 is 0 Å². The zero-order chi connectivity index (χ0) is 13.8. The second kappa shape index (κ2) is 6.09. The number of nitrogens with one attached hydrogen (secondary N) is 1. The zero-order valence-corrected chi connectivity index (χ0v) is 11.8. The minimum Gasteiger partial charge on any atom is -0.497 e. The Morgan fingerprint density at radius 2 is 2.40 bits per heavy atom. The molecule has 4 nitrogen and oxygen atoms in total. The van der Waals surface area contributed by atoms with Gasteiger partial charge in [-0.1, -0.05) is 17.3 Å². The monoisotopic (exact) mass is 272 g/mol. The number of ether oxygens (including phenoxy) is 1. The van der Waals surface area contributed by atoms with E-state index in [9.17, 15) is 0 Å². The van der Waals surface area contributed by atoms with E-state index in [1.165, 1.54) is 12.8 Å². The van der Waals surface area contributed by atoms with Crippen molar-refractivity contribution in [3.8, 4) is 16.9 Å². The predicted octanol–water partition coefficient (Wildman–Crippen LogP) is 2.89. The third-order valence-corrected chi connectivity index (χ3v) is 3.90. The van der Waals surface area contributed by atoms with Gasteiger partial charge in [0.2, 0.25) is 0 Å². The highest BCUT2D eigenvalue weighted by Crippen LogP contribution is 2.29. The van der Waals surface area contributed by atoms with Gasteiger partial charge in [-0.15, -0.1) is 0 Å². The number of nitrogens with zero attached hydrogens (tertiary/aromatic N) is 1. The van der Waals surface area contributed by atoms with Gasteiger partial charge in [0.05, 0.1) is 13.3 Å². The first-order valence-corrected chi connectivity index (χ1v) is 7.15. The van der Waals surface area contributed by atoms with Crippen LogP contribution in [0.25, 0.3) is 11.1 Å². The Hall–Kier alpha value is -1.81. The summed E-state index contributed by atoms with van der Waals surface area (Å²) in [5.74, 6) is 2.47. The van der Waals surface area contributed by atoms with Crippen LogP contribution in [0.1, 0.15) is 18.6 Å². The van der Waals surface area contributed by atoms with E-state index in [1.54, 1.807) is 13.3 Å². The second-order valence-electron chi connectivity index (χ2n) is 5.31. The third kappa shape index (κ3) is 2.85. The molecule has 0 saturated carbocycles. The largest absolute Gasteiger partial charge is 0.497 e. The van der Waals surface area contributed by atoms with E-state index in [4.69, 9.17) is 9.26 Å². The lowest BCUT2D eigenvalue weighted by molar-refractivity contribution is 0.321. The first-order chi connectivity index (χ1) is 9.86. The van der Waals surface area contributed by atoms with Crippen LogP contribution in [0.2, 0.25) is 0 Å². The maximum absolute atomic E-state index is 5.48. The van der Waals surface area contributed by atoms with Crippen LogP contribution in [0, 0.1) is 5.92 Å². The van der Waals surface area contributed by atoms with Crippen LogP contribution < -0.4 is 10.1 Å². The summed E-state index contributed by atoms with van der Waals surface area (Å²) in [6.07, 6.45) is 5.25. The molecule has 0 spiro atoms. The number of aromatic nitrogens is 1. The Morgan fingerprint density at radius 3 is 3.20 bits per heavy atom. The Bertz CT molecular complexity index is 559. The summed E-state index contributed by atoms with van der Waals surface area (Å²) in [6.45, 7) is 2.20. The molecule has 106 valence electrons. The van der Waals surface area contributed by atoms with Crippen LogP contribution in [0.3, 0.4) is 0 Å². The van der Waals surface area contributed by atoms with E-state index in [0.717, 1.165) is 42.1 Å². The summed E-state index contributed by atoms with van der Waals surface area (Å²) in [5.41, 5.74) is 2.18. The smallest absolute Gasteiger partial charge is 0.144 e.